The third-order valence-corrected chi connectivity index (χ3v) is 3.48. The Morgan fingerprint density at radius 2 is 1.88 bits per heavy atom. The van der Waals surface area contributed by atoms with Gasteiger partial charge in [-0.05, 0) is 29.3 Å². The average Bonchev–Trinajstić information content (AvgIpc) is 2.38. The number of hydrogen-bond donors (Lipinski definition) is 1. The van der Waals surface area contributed by atoms with Crippen molar-refractivity contribution in [3.8, 4) is 0 Å². The number of rotatable bonds is 4. The fourth-order valence-electron chi connectivity index (χ4n) is 1.51. The van der Waals surface area contributed by atoms with Gasteiger partial charge in [0, 0.05) is 10.6 Å². The summed E-state index contributed by atoms with van der Waals surface area (Å²) in [5.41, 5.74) is 1.58. The Kier molecular flexibility index (Phi) is 4.18. The molecule has 0 aliphatic rings. The molecule has 3 heteroatoms. The van der Waals surface area contributed by atoms with Gasteiger partial charge in [-0.3, -0.25) is 0 Å². The number of benzene rings is 2. The molecule has 2 aromatic carbocycles. The van der Waals surface area contributed by atoms with Crippen molar-refractivity contribution in [2.24, 2.45) is 0 Å². The van der Waals surface area contributed by atoms with Crippen molar-refractivity contribution in [1.82, 2.24) is 0 Å². The first-order chi connectivity index (χ1) is 8.29. The molecule has 0 bridgehead atoms. The van der Waals surface area contributed by atoms with Crippen LogP contribution < -0.4 is 0 Å². The molecule has 0 heterocycles. The standard InChI is InChI=1S/C14H13FOS/c15-14-7-2-1-5-12(14)10-17-13-6-3-4-11(8-13)9-16/h1-8,16H,9-10H2. The van der Waals surface area contributed by atoms with Crippen LogP contribution in [0.2, 0.25) is 0 Å². The Labute approximate surface area is 104 Å². The van der Waals surface area contributed by atoms with Gasteiger partial charge in [0.1, 0.15) is 5.82 Å². The van der Waals surface area contributed by atoms with Crippen molar-refractivity contribution in [3.63, 3.8) is 0 Å². The lowest BCUT2D eigenvalue weighted by atomic mass is 10.2. The number of aliphatic hydroxyl groups excluding tert-OH is 1. The minimum absolute atomic E-state index is 0.0358. The molecule has 1 nitrogen and oxygen atoms in total. The summed E-state index contributed by atoms with van der Waals surface area (Å²) in [6.45, 7) is 0.0358. The molecule has 88 valence electrons. The first-order valence-electron chi connectivity index (χ1n) is 5.35. The van der Waals surface area contributed by atoms with Gasteiger partial charge in [0.2, 0.25) is 0 Å². The number of hydrogen-bond acceptors (Lipinski definition) is 2. The highest BCUT2D eigenvalue weighted by Crippen LogP contribution is 2.24. The molecule has 0 aliphatic carbocycles. The highest BCUT2D eigenvalue weighted by molar-refractivity contribution is 7.98. The molecule has 0 amide bonds. The molecule has 0 saturated carbocycles. The van der Waals surface area contributed by atoms with Crippen LogP contribution in [0.5, 0.6) is 0 Å². The zero-order valence-electron chi connectivity index (χ0n) is 9.27. The van der Waals surface area contributed by atoms with Gasteiger partial charge in [0.25, 0.3) is 0 Å². The summed E-state index contributed by atoms with van der Waals surface area (Å²) in [6.07, 6.45) is 0. The number of thioether (sulfide) groups is 1. The van der Waals surface area contributed by atoms with E-state index in [1.54, 1.807) is 23.9 Å². The Hall–Kier alpha value is -1.32. The molecule has 0 fully saturated rings. The summed E-state index contributed by atoms with van der Waals surface area (Å²) >= 11 is 1.57. The first-order valence-corrected chi connectivity index (χ1v) is 6.34. The van der Waals surface area contributed by atoms with Crippen molar-refractivity contribution < 1.29 is 9.50 Å². The molecule has 0 atom stereocenters. The molecule has 0 spiro atoms. The van der Waals surface area contributed by atoms with Gasteiger partial charge < -0.3 is 5.11 Å². The van der Waals surface area contributed by atoms with E-state index in [-0.39, 0.29) is 12.4 Å². The number of aliphatic hydroxyl groups is 1. The van der Waals surface area contributed by atoms with Crippen LogP contribution in [-0.4, -0.2) is 5.11 Å². The first kappa shape index (κ1) is 12.1. The third kappa shape index (κ3) is 3.32. The Morgan fingerprint density at radius 1 is 1.06 bits per heavy atom. The van der Waals surface area contributed by atoms with Crippen LogP contribution in [0.1, 0.15) is 11.1 Å². The molecule has 0 aliphatic heterocycles. The van der Waals surface area contributed by atoms with Crippen LogP contribution >= 0.6 is 11.8 Å². The second-order valence-electron chi connectivity index (χ2n) is 3.69. The molecule has 0 unspecified atom stereocenters. The maximum atomic E-state index is 13.4. The van der Waals surface area contributed by atoms with Crippen LogP contribution in [-0.2, 0) is 12.4 Å². The normalized spacial score (nSPS) is 10.5. The van der Waals surface area contributed by atoms with E-state index in [1.165, 1.54) is 6.07 Å². The van der Waals surface area contributed by atoms with E-state index in [0.29, 0.717) is 11.3 Å². The fourth-order valence-corrected chi connectivity index (χ4v) is 2.48. The lowest BCUT2D eigenvalue weighted by Crippen LogP contribution is -1.87. The molecule has 17 heavy (non-hydrogen) atoms. The largest absolute Gasteiger partial charge is 0.392 e. The predicted octanol–water partition coefficient (Wildman–Crippen LogP) is 3.61. The Morgan fingerprint density at radius 3 is 2.65 bits per heavy atom. The second-order valence-corrected chi connectivity index (χ2v) is 4.73. The predicted molar refractivity (Wildman–Crippen MR) is 68.3 cm³/mol. The van der Waals surface area contributed by atoms with E-state index in [4.69, 9.17) is 5.11 Å². The molecular weight excluding hydrogens is 235 g/mol. The Bertz CT molecular complexity index is 499. The lowest BCUT2D eigenvalue weighted by Gasteiger charge is -2.04. The summed E-state index contributed by atoms with van der Waals surface area (Å²) in [7, 11) is 0. The highest BCUT2D eigenvalue weighted by atomic mass is 32.2. The molecular formula is C14H13FOS. The minimum Gasteiger partial charge on any atom is -0.392 e. The zero-order chi connectivity index (χ0) is 12.1. The van der Waals surface area contributed by atoms with E-state index in [0.717, 1.165) is 10.5 Å². The third-order valence-electron chi connectivity index (χ3n) is 2.43. The average molecular weight is 248 g/mol. The van der Waals surface area contributed by atoms with Gasteiger partial charge in [0.05, 0.1) is 6.61 Å². The minimum atomic E-state index is -0.168. The van der Waals surface area contributed by atoms with Crippen molar-refractivity contribution in [3.05, 3.63) is 65.5 Å². The van der Waals surface area contributed by atoms with Crippen LogP contribution in [0.4, 0.5) is 4.39 Å². The van der Waals surface area contributed by atoms with Gasteiger partial charge in [0.15, 0.2) is 0 Å². The highest BCUT2D eigenvalue weighted by Gasteiger charge is 2.02. The lowest BCUT2D eigenvalue weighted by molar-refractivity contribution is 0.281. The molecule has 2 rings (SSSR count). The smallest absolute Gasteiger partial charge is 0.127 e. The Balaban J connectivity index is 2.05. The summed E-state index contributed by atoms with van der Waals surface area (Å²) in [6, 6.07) is 14.4. The number of halogens is 1. The molecule has 1 N–H and O–H groups in total. The maximum absolute atomic E-state index is 13.4. The van der Waals surface area contributed by atoms with Gasteiger partial charge in [-0.1, -0.05) is 30.3 Å². The van der Waals surface area contributed by atoms with Crippen molar-refractivity contribution in [2.75, 3.05) is 0 Å². The summed E-state index contributed by atoms with van der Waals surface area (Å²) < 4.78 is 13.4. The topological polar surface area (TPSA) is 20.2 Å². The van der Waals surface area contributed by atoms with Crippen LogP contribution in [0, 0.1) is 5.82 Å². The van der Waals surface area contributed by atoms with E-state index >= 15 is 0 Å². The summed E-state index contributed by atoms with van der Waals surface area (Å²) in [5, 5.41) is 9.02. The van der Waals surface area contributed by atoms with Crippen LogP contribution in [0.3, 0.4) is 0 Å². The quantitative estimate of drug-likeness (QED) is 0.834. The summed E-state index contributed by atoms with van der Waals surface area (Å²) in [5.74, 6) is 0.431. The van der Waals surface area contributed by atoms with E-state index < -0.39 is 0 Å². The van der Waals surface area contributed by atoms with Gasteiger partial charge in [-0.2, -0.15) is 0 Å². The van der Waals surface area contributed by atoms with Crippen molar-refractivity contribution >= 4 is 11.8 Å². The zero-order valence-corrected chi connectivity index (χ0v) is 10.1. The molecule has 0 saturated heterocycles. The van der Waals surface area contributed by atoms with E-state index in [2.05, 4.69) is 0 Å². The maximum Gasteiger partial charge on any atom is 0.127 e. The van der Waals surface area contributed by atoms with Crippen molar-refractivity contribution in [1.29, 1.82) is 0 Å². The van der Waals surface area contributed by atoms with Crippen LogP contribution in [0.25, 0.3) is 0 Å². The van der Waals surface area contributed by atoms with E-state index in [1.807, 2.05) is 30.3 Å². The monoisotopic (exact) mass is 248 g/mol. The van der Waals surface area contributed by atoms with Gasteiger partial charge >= 0.3 is 0 Å². The molecule has 0 aromatic heterocycles. The summed E-state index contributed by atoms with van der Waals surface area (Å²) in [4.78, 5) is 1.04. The van der Waals surface area contributed by atoms with Crippen LogP contribution in [0.15, 0.2) is 53.4 Å². The fraction of sp³-hybridized carbons (Fsp3) is 0.143. The SMILES string of the molecule is OCc1cccc(SCc2ccccc2F)c1. The van der Waals surface area contributed by atoms with Crippen molar-refractivity contribution in [2.45, 2.75) is 17.3 Å². The van der Waals surface area contributed by atoms with E-state index in [9.17, 15) is 4.39 Å². The second kappa shape index (κ2) is 5.84. The van der Waals surface area contributed by atoms with Gasteiger partial charge in [-0.25, -0.2) is 4.39 Å². The molecule has 0 radical (unpaired) electrons. The van der Waals surface area contributed by atoms with Gasteiger partial charge in [-0.15, -0.1) is 11.8 Å². The molecule has 2 aromatic rings.